The van der Waals surface area contributed by atoms with Crippen molar-refractivity contribution in [1.82, 2.24) is 0 Å². The standard InChI is InChI=1S/C15H14O6S/c16-13-4-1-11-7-12(9-20-15(11)8-13)10-2-5-14(6-3-10)21-22(17,18)19/h1-6,8,12,16H,7,9H2,(H,17,18,19)/t12-/m1/s1/i1D,4D,8D. The van der Waals surface area contributed by atoms with Crippen LogP contribution in [0.3, 0.4) is 0 Å². The molecule has 6 nitrogen and oxygen atoms in total. The van der Waals surface area contributed by atoms with Crippen molar-refractivity contribution in [3.8, 4) is 17.2 Å². The number of aromatic hydroxyl groups is 1. The molecule has 1 aliphatic heterocycles. The average Bonchev–Trinajstić information content (AvgIpc) is 2.57. The lowest BCUT2D eigenvalue weighted by Gasteiger charge is -2.25. The van der Waals surface area contributed by atoms with Crippen LogP contribution in [0.4, 0.5) is 0 Å². The first-order valence-corrected chi connectivity index (χ1v) is 7.75. The minimum Gasteiger partial charge on any atom is -0.508 e. The summed E-state index contributed by atoms with van der Waals surface area (Å²) >= 11 is 0. The second-order valence-electron chi connectivity index (χ2n) is 4.82. The van der Waals surface area contributed by atoms with E-state index in [4.69, 9.17) is 13.4 Å². The van der Waals surface area contributed by atoms with Gasteiger partial charge in [-0.2, -0.15) is 8.42 Å². The first-order chi connectivity index (χ1) is 11.7. The molecule has 7 heteroatoms. The summed E-state index contributed by atoms with van der Waals surface area (Å²) in [6.45, 7) is 0.202. The number of benzene rings is 2. The van der Waals surface area contributed by atoms with Crippen LogP contribution in [-0.2, 0) is 16.8 Å². The van der Waals surface area contributed by atoms with Crippen LogP contribution in [0.2, 0.25) is 0 Å². The van der Waals surface area contributed by atoms with Crippen molar-refractivity contribution in [3.63, 3.8) is 0 Å². The fraction of sp³-hybridized carbons (Fsp3) is 0.200. The van der Waals surface area contributed by atoms with Crippen LogP contribution in [-0.4, -0.2) is 24.7 Å². The second-order valence-corrected chi connectivity index (χ2v) is 5.85. The van der Waals surface area contributed by atoms with Crippen molar-refractivity contribution < 1.29 is 31.1 Å². The van der Waals surface area contributed by atoms with E-state index in [9.17, 15) is 13.5 Å². The van der Waals surface area contributed by atoms with Gasteiger partial charge in [-0.25, -0.2) is 0 Å². The minimum atomic E-state index is -4.59. The molecule has 0 bridgehead atoms. The Hall–Kier alpha value is -2.25. The molecule has 0 saturated heterocycles. The largest absolute Gasteiger partial charge is 0.508 e. The third-order valence-electron chi connectivity index (χ3n) is 3.27. The van der Waals surface area contributed by atoms with E-state index < -0.39 is 22.2 Å². The predicted octanol–water partition coefficient (Wildman–Crippen LogP) is 2.29. The molecule has 0 amide bonds. The van der Waals surface area contributed by atoms with Crippen LogP contribution in [0.25, 0.3) is 0 Å². The van der Waals surface area contributed by atoms with Crippen molar-refractivity contribution >= 4 is 10.4 Å². The summed E-state index contributed by atoms with van der Waals surface area (Å²) in [5.41, 5.74) is 1.15. The first-order valence-electron chi connectivity index (χ1n) is 7.88. The molecule has 0 aromatic heterocycles. The smallest absolute Gasteiger partial charge is 0.446 e. The van der Waals surface area contributed by atoms with Crippen molar-refractivity contribution in [3.05, 3.63) is 53.5 Å². The Morgan fingerprint density at radius 3 is 2.68 bits per heavy atom. The number of phenols is 1. The van der Waals surface area contributed by atoms with Gasteiger partial charge in [0.25, 0.3) is 0 Å². The Labute approximate surface area is 132 Å². The molecule has 116 valence electrons. The third kappa shape index (κ3) is 3.32. The maximum atomic E-state index is 10.7. The summed E-state index contributed by atoms with van der Waals surface area (Å²) in [4.78, 5) is 0. The van der Waals surface area contributed by atoms with Crippen molar-refractivity contribution in [1.29, 1.82) is 0 Å². The highest BCUT2D eigenvalue weighted by atomic mass is 32.3. The molecule has 0 saturated carbocycles. The van der Waals surface area contributed by atoms with Crippen LogP contribution in [0.5, 0.6) is 17.2 Å². The Balaban J connectivity index is 1.88. The van der Waals surface area contributed by atoms with E-state index in [1.807, 2.05) is 0 Å². The van der Waals surface area contributed by atoms with E-state index in [0.717, 1.165) is 5.56 Å². The van der Waals surface area contributed by atoms with E-state index in [0.29, 0.717) is 12.0 Å². The predicted molar refractivity (Wildman–Crippen MR) is 78.7 cm³/mol. The van der Waals surface area contributed by atoms with Gasteiger partial charge in [0.1, 0.15) is 17.2 Å². The maximum Gasteiger partial charge on any atom is 0.446 e. The summed E-state index contributed by atoms with van der Waals surface area (Å²) < 4.78 is 63.4. The topological polar surface area (TPSA) is 93.1 Å². The average molecular weight is 325 g/mol. The van der Waals surface area contributed by atoms with E-state index in [1.54, 1.807) is 12.1 Å². The van der Waals surface area contributed by atoms with Gasteiger partial charge in [0.15, 0.2) is 0 Å². The first kappa shape index (κ1) is 11.3. The van der Waals surface area contributed by atoms with Gasteiger partial charge in [-0.15, -0.1) is 0 Å². The van der Waals surface area contributed by atoms with Crippen LogP contribution < -0.4 is 8.92 Å². The molecular weight excluding hydrogens is 308 g/mol. The van der Waals surface area contributed by atoms with Crippen molar-refractivity contribution in [2.24, 2.45) is 0 Å². The molecule has 0 aliphatic carbocycles. The van der Waals surface area contributed by atoms with E-state index in [2.05, 4.69) is 4.18 Å². The number of ether oxygens (including phenoxy) is 1. The van der Waals surface area contributed by atoms with Gasteiger partial charge < -0.3 is 14.0 Å². The third-order valence-corrected chi connectivity index (χ3v) is 3.67. The summed E-state index contributed by atoms with van der Waals surface area (Å²) in [5, 5.41) is 9.69. The van der Waals surface area contributed by atoms with Gasteiger partial charge in [-0.05, 0) is 35.7 Å². The van der Waals surface area contributed by atoms with Crippen LogP contribution in [0, 0.1) is 0 Å². The van der Waals surface area contributed by atoms with Crippen molar-refractivity contribution in [2.45, 2.75) is 12.3 Å². The van der Waals surface area contributed by atoms with E-state index in [-0.39, 0.29) is 36.1 Å². The zero-order valence-electron chi connectivity index (χ0n) is 14.2. The molecule has 2 aromatic carbocycles. The SMILES string of the molecule is [2H]c1c([2H])c2c(c([2H])c1O)OC[C@H](c1ccc(OS(=O)(=O)O)cc1)C2. The molecule has 1 heterocycles. The lowest BCUT2D eigenvalue weighted by atomic mass is 9.90. The second kappa shape index (κ2) is 5.51. The van der Waals surface area contributed by atoms with Gasteiger partial charge in [0.2, 0.25) is 0 Å². The molecule has 1 aliphatic rings. The number of phenolic OH excluding ortho intramolecular Hbond substituents is 1. The summed E-state index contributed by atoms with van der Waals surface area (Å²) in [6.07, 6.45) is 0.338. The quantitative estimate of drug-likeness (QED) is 0.841. The fourth-order valence-corrected chi connectivity index (χ4v) is 2.65. The lowest BCUT2D eigenvalue weighted by molar-refractivity contribution is 0.261. The maximum absolute atomic E-state index is 10.7. The van der Waals surface area contributed by atoms with Gasteiger partial charge in [0.05, 0.1) is 10.7 Å². The molecule has 2 aromatic rings. The molecule has 0 spiro atoms. The normalized spacial score (nSPS) is 19.3. The molecule has 0 unspecified atom stereocenters. The number of rotatable bonds is 3. The van der Waals surface area contributed by atoms with Crippen LogP contribution in [0.1, 0.15) is 21.2 Å². The highest BCUT2D eigenvalue weighted by molar-refractivity contribution is 7.81. The highest BCUT2D eigenvalue weighted by Gasteiger charge is 2.22. The molecule has 0 radical (unpaired) electrons. The van der Waals surface area contributed by atoms with Gasteiger partial charge in [-0.3, -0.25) is 4.55 Å². The Bertz CT molecular complexity index is 928. The lowest BCUT2D eigenvalue weighted by Crippen LogP contribution is -2.19. The number of hydrogen-bond donors (Lipinski definition) is 2. The van der Waals surface area contributed by atoms with E-state index in [1.165, 1.54) is 12.1 Å². The molecule has 2 N–H and O–H groups in total. The van der Waals surface area contributed by atoms with Crippen LogP contribution in [0.15, 0.2) is 42.4 Å². The van der Waals surface area contributed by atoms with Gasteiger partial charge >= 0.3 is 10.4 Å². The number of fused-ring (bicyclic) bond motifs is 1. The Kier molecular flexibility index (Phi) is 2.84. The zero-order chi connectivity index (χ0) is 18.4. The van der Waals surface area contributed by atoms with Gasteiger partial charge in [0, 0.05) is 12.0 Å². The Morgan fingerprint density at radius 2 is 2.00 bits per heavy atom. The molecule has 3 rings (SSSR count). The van der Waals surface area contributed by atoms with E-state index >= 15 is 0 Å². The Morgan fingerprint density at radius 1 is 1.27 bits per heavy atom. The molecule has 0 fully saturated rings. The summed E-state index contributed by atoms with van der Waals surface area (Å²) in [7, 11) is -4.59. The highest BCUT2D eigenvalue weighted by Crippen LogP contribution is 2.34. The fourth-order valence-electron chi connectivity index (χ4n) is 2.29. The van der Waals surface area contributed by atoms with Crippen LogP contribution >= 0.6 is 0 Å². The zero-order valence-corrected chi connectivity index (χ0v) is 12.1. The number of hydrogen-bond acceptors (Lipinski definition) is 5. The molecular formula is C15H14O6S. The summed E-state index contributed by atoms with van der Waals surface area (Å²) in [6, 6.07) is 5.07. The summed E-state index contributed by atoms with van der Waals surface area (Å²) in [5.74, 6) is -0.689. The van der Waals surface area contributed by atoms with Gasteiger partial charge in [-0.1, -0.05) is 18.2 Å². The van der Waals surface area contributed by atoms with Crippen molar-refractivity contribution in [2.75, 3.05) is 6.61 Å². The minimum absolute atomic E-state index is 0.0450. The molecule has 1 atom stereocenters. The monoisotopic (exact) mass is 325 g/mol. The molecule has 22 heavy (non-hydrogen) atoms.